The van der Waals surface area contributed by atoms with Gasteiger partial charge in [-0.1, -0.05) is 47.1 Å². The van der Waals surface area contributed by atoms with E-state index < -0.39 is 0 Å². The first-order valence-electron chi connectivity index (χ1n) is 11.3. The van der Waals surface area contributed by atoms with Crippen LogP contribution in [0.4, 0.5) is 0 Å². The van der Waals surface area contributed by atoms with Crippen LogP contribution < -0.4 is 0 Å². The number of rotatable bonds is 8. The molecule has 0 amide bonds. The van der Waals surface area contributed by atoms with Crippen LogP contribution >= 0.6 is 11.6 Å². The molecule has 3 aromatic heterocycles. The fraction of sp³-hybridized carbons (Fsp3) is 0.346. The average molecular weight is 464 g/mol. The van der Waals surface area contributed by atoms with Crippen LogP contribution in [-0.2, 0) is 13.1 Å². The third-order valence-electron chi connectivity index (χ3n) is 5.83. The second kappa shape index (κ2) is 9.89. The van der Waals surface area contributed by atoms with Gasteiger partial charge in [-0.15, -0.1) is 0 Å². The minimum absolute atomic E-state index is 0.493. The summed E-state index contributed by atoms with van der Waals surface area (Å²) >= 11 is 5.89. The molecule has 172 valence electrons. The van der Waals surface area contributed by atoms with Gasteiger partial charge in [0.15, 0.2) is 0 Å². The van der Waals surface area contributed by atoms with Gasteiger partial charge < -0.3 is 9.09 Å². The van der Waals surface area contributed by atoms with Crippen molar-refractivity contribution in [1.82, 2.24) is 24.6 Å². The van der Waals surface area contributed by atoms with E-state index in [9.17, 15) is 0 Å². The predicted octanol–water partition coefficient (Wildman–Crippen LogP) is 6.23. The number of pyridine rings is 1. The summed E-state index contributed by atoms with van der Waals surface area (Å²) < 4.78 is 7.72. The molecule has 0 bridgehead atoms. The molecule has 0 fully saturated rings. The molecule has 0 aliphatic carbocycles. The topological polar surface area (TPSA) is 60.0 Å². The summed E-state index contributed by atoms with van der Waals surface area (Å²) in [6.07, 6.45) is 3.81. The van der Waals surface area contributed by atoms with E-state index in [4.69, 9.17) is 16.1 Å². The number of benzene rings is 1. The molecule has 3 heterocycles. The molecule has 4 aromatic rings. The number of nitrogens with zero attached hydrogens (tertiary/aromatic N) is 5. The molecule has 0 atom stereocenters. The summed E-state index contributed by atoms with van der Waals surface area (Å²) in [5.74, 6) is 1.10. The molecule has 0 aliphatic heterocycles. The Morgan fingerprint density at radius 2 is 1.67 bits per heavy atom. The number of aromatic nitrogens is 4. The smallest absolute Gasteiger partial charge is 0.259 e. The van der Waals surface area contributed by atoms with E-state index in [0.29, 0.717) is 35.5 Å². The second-order valence-corrected chi connectivity index (χ2v) is 9.35. The molecule has 6 nitrogen and oxygen atoms in total. The van der Waals surface area contributed by atoms with Crippen molar-refractivity contribution >= 4 is 11.6 Å². The Morgan fingerprint density at radius 3 is 2.30 bits per heavy atom. The number of halogens is 1. The molecular formula is C26H30ClN5O. The van der Waals surface area contributed by atoms with Gasteiger partial charge in [-0.2, -0.15) is 4.98 Å². The Morgan fingerprint density at radius 1 is 0.970 bits per heavy atom. The van der Waals surface area contributed by atoms with Gasteiger partial charge in [0.05, 0.1) is 5.56 Å². The van der Waals surface area contributed by atoms with Gasteiger partial charge in [0.2, 0.25) is 5.82 Å². The van der Waals surface area contributed by atoms with Crippen molar-refractivity contribution in [1.29, 1.82) is 0 Å². The van der Waals surface area contributed by atoms with Crippen molar-refractivity contribution in [2.24, 2.45) is 0 Å². The van der Waals surface area contributed by atoms with Gasteiger partial charge in [-0.05, 0) is 57.9 Å². The molecular weight excluding hydrogens is 434 g/mol. The van der Waals surface area contributed by atoms with Crippen LogP contribution in [0.15, 0.2) is 59.4 Å². The molecule has 33 heavy (non-hydrogen) atoms. The quantitative estimate of drug-likeness (QED) is 0.290. The maximum Gasteiger partial charge on any atom is 0.259 e. The van der Waals surface area contributed by atoms with Crippen LogP contribution in [0.1, 0.15) is 44.5 Å². The Kier molecular flexibility index (Phi) is 6.96. The van der Waals surface area contributed by atoms with Gasteiger partial charge >= 0.3 is 0 Å². The van der Waals surface area contributed by atoms with Crippen LogP contribution in [0.3, 0.4) is 0 Å². The van der Waals surface area contributed by atoms with Crippen molar-refractivity contribution in [3.8, 4) is 22.8 Å². The van der Waals surface area contributed by atoms with Crippen LogP contribution in [0, 0.1) is 6.92 Å². The van der Waals surface area contributed by atoms with Crippen LogP contribution in [-0.4, -0.2) is 36.7 Å². The van der Waals surface area contributed by atoms with Gasteiger partial charge in [-0.3, -0.25) is 4.90 Å². The highest BCUT2D eigenvalue weighted by Crippen LogP contribution is 2.25. The lowest BCUT2D eigenvalue weighted by atomic mass is 10.1. The highest BCUT2D eigenvalue weighted by atomic mass is 35.5. The fourth-order valence-corrected chi connectivity index (χ4v) is 4.10. The Hall–Kier alpha value is -2.96. The van der Waals surface area contributed by atoms with Crippen molar-refractivity contribution in [2.45, 2.75) is 59.8 Å². The van der Waals surface area contributed by atoms with Gasteiger partial charge in [-0.25, -0.2) is 4.98 Å². The summed E-state index contributed by atoms with van der Waals surface area (Å²) in [6, 6.07) is 15.2. The summed E-state index contributed by atoms with van der Waals surface area (Å²) in [7, 11) is 0. The molecule has 7 heteroatoms. The Labute approximate surface area is 200 Å². The molecule has 0 saturated heterocycles. The molecule has 0 N–H and O–H groups in total. The average Bonchev–Trinajstić information content (AvgIpc) is 3.41. The predicted molar refractivity (Wildman–Crippen MR) is 132 cm³/mol. The van der Waals surface area contributed by atoms with E-state index in [1.165, 1.54) is 5.56 Å². The van der Waals surface area contributed by atoms with E-state index in [2.05, 4.69) is 89.5 Å². The molecule has 0 radical (unpaired) electrons. The summed E-state index contributed by atoms with van der Waals surface area (Å²) in [6.45, 7) is 12.6. The molecule has 1 aromatic carbocycles. The number of aryl methyl sites for hydroxylation is 1. The van der Waals surface area contributed by atoms with Gasteiger partial charge in [0.25, 0.3) is 5.89 Å². The van der Waals surface area contributed by atoms with E-state index in [1.807, 2.05) is 12.3 Å². The minimum Gasteiger partial charge on any atom is -0.346 e. The fourth-order valence-electron chi connectivity index (χ4n) is 3.99. The lowest BCUT2D eigenvalue weighted by Gasteiger charge is -2.30. The first-order chi connectivity index (χ1) is 15.8. The van der Waals surface area contributed by atoms with Crippen LogP contribution in [0.25, 0.3) is 22.8 Å². The zero-order valence-corrected chi connectivity index (χ0v) is 20.5. The molecule has 0 aliphatic rings. The van der Waals surface area contributed by atoms with E-state index >= 15 is 0 Å². The highest BCUT2D eigenvalue weighted by molar-refractivity contribution is 6.29. The molecule has 0 saturated carbocycles. The highest BCUT2D eigenvalue weighted by Gasteiger charge is 2.16. The zero-order valence-electron chi connectivity index (χ0n) is 19.8. The maximum absolute atomic E-state index is 5.89. The second-order valence-electron chi connectivity index (χ2n) is 8.97. The molecule has 0 unspecified atom stereocenters. The summed E-state index contributed by atoms with van der Waals surface area (Å²) in [5.41, 5.74) is 5.29. The number of hydrogen-bond donors (Lipinski definition) is 0. The monoisotopic (exact) mass is 463 g/mol. The normalized spacial score (nSPS) is 11.8. The molecule has 4 rings (SSSR count). The molecule has 0 spiro atoms. The van der Waals surface area contributed by atoms with Crippen LogP contribution in [0.2, 0.25) is 5.15 Å². The lowest BCUT2D eigenvalue weighted by molar-refractivity contribution is 0.166. The van der Waals surface area contributed by atoms with Crippen molar-refractivity contribution in [3.05, 3.63) is 76.8 Å². The largest absolute Gasteiger partial charge is 0.346 e. The van der Waals surface area contributed by atoms with Crippen molar-refractivity contribution < 1.29 is 4.52 Å². The summed E-state index contributed by atoms with van der Waals surface area (Å²) in [5, 5.41) is 4.70. The van der Waals surface area contributed by atoms with E-state index in [1.54, 1.807) is 12.3 Å². The first kappa shape index (κ1) is 23.2. The van der Waals surface area contributed by atoms with Crippen molar-refractivity contribution in [2.75, 3.05) is 0 Å². The van der Waals surface area contributed by atoms with Crippen LogP contribution in [0.5, 0.6) is 0 Å². The standard InChI is InChI=1S/C26H30ClN5O/c1-17(2)32(18(3)4)15-20-6-9-22(10-7-20)25-29-26(33-30-25)23-12-19(5)31(16-23)14-21-8-11-24(27)28-13-21/h6-13,16-18H,14-15H2,1-5H3. The zero-order chi connectivity index (χ0) is 23.5. The Balaban J connectivity index is 1.48. The number of hydrogen-bond acceptors (Lipinski definition) is 5. The van der Waals surface area contributed by atoms with E-state index in [0.717, 1.165) is 28.9 Å². The third-order valence-corrected chi connectivity index (χ3v) is 6.05. The minimum atomic E-state index is 0.493. The van der Waals surface area contributed by atoms with E-state index in [-0.39, 0.29) is 0 Å². The van der Waals surface area contributed by atoms with Gasteiger partial charge in [0, 0.05) is 48.8 Å². The summed E-state index contributed by atoms with van der Waals surface area (Å²) in [4.78, 5) is 11.3. The maximum atomic E-state index is 5.89. The van der Waals surface area contributed by atoms with Crippen molar-refractivity contribution in [3.63, 3.8) is 0 Å². The third kappa shape index (κ3) is 5.52. The SMILES string of the molecule is Cc1cc(-c2nc(-c3ccc(CN(C(C)C)C(C)C)cc3)no2)cn1Cc1ccc(Cl)nc1. The Bertz CT molecular complexity index is 1180. The first-order valence-corrected chi connectivity index (χ1v) is 11.6. The van der Waals surface area contributed by atoms with Gasteiger partial charge in [0.1, 0.15) is 5.15 Å². The lowest BCUT2D eigenvalue weighted by Crippen LogP contribution is -2.36.